The molecular weight excluding hydrogens is 302 g/mol. The Balaban J connectivity index is 1.52. The third-order valence-corrected chi connectivity index (χ3v) is 5.31. The number of hydrogen-bond acceptors (Lipinski definition) is 3. The van der Waals surface area contributed by atoms with Crippen molar-refractivity contribution in [2.24, 2.45) is 0 Å². The lowest BCUT2D eigenvalue weighted by molar-refractivity contribution is 0.0940. The van der Waals surface area contributed by atoms with E-state index in [1.165, 1.54) is 37.7 Å². The summed E-state index contributed by atoms with van der Waals surface area (Å²) in [6.07, 6.45) is 6.68. The highest BCUT2D eigenvalue weighted by atomic mass is 16.5. The lowest BCUT2D eigenvalue weighted by Gasteiger charge is -2.22. The molecule has 1 saturated carbocycles. The predicted octanol–water partition coefficient (Wildman–Crippen LogP) is 3.18. The van der Waals surface area contributed by atoms with Gasteiger partial charge in [-0.1, -0.05) is 31.4 Å². The molecule has 1 heterocycles. The van der Waals surface area contributed by atoms with Gasteiger partial charge in [-0.25, -0.2) is 4.79 Å². The van der Waals surface area contributed by atoms with Gasteiger partial charge in [-0.2, -0.15) is 0 Å². The first-order valence-electron chi connectivity index (χ1n) is 9.04. The van der Waals surface area contributed by atoms with E-state index in [2.05, 4.69) is 27.7 Å². The van der Waals surface area contributed by atoms with Gasteiger partial charge in [0.15, 0.2) is 0 Å². The maximum absolute atomic E-state index is 12.2. The highest BCUT2D eigenvalue weighted by molar-refractivity contribution is 5.89. The Labute approximate surface area is 144 Å². The number of amides is 2. The van der Waals surface area contributed by atoms with Gasteiger partial charge in [0, 0.05) is 25.9 Å². The van der Waals surface area contributed by atoms with Crippen LogP contribution in [0.25, 0.3) is 0 Å². The van der Waals surface area contributed by atoms with Gasteiger partial charge in [-0.3, -0.25) is 0 Å². The number of likely N-dealkylation sites (N-methyl/N-ethyl adjacent to an activating group) is 1. The fourth-order valence-corrected chi connectivity index (χ4v) is 3.95. The molecular formula is C19H29N3O2. The van der Waals surface area contributed by atoms with Crippen molar-refractivity contribution in [3.05, 3.63) is 29.8 Å². The molecule has 0 radical (unpaired) electrons. The molecule has 1 aromatic rings. The summed E-state index contributed by atoms with van der Waals surface area (Å²) in [5.74, 6) is 0.693. The van der Waals surface area contributed by atoms with E-state index in [4.69, 9.17) is 4.74 Å². The average molecular weight is 331 g/mol. The van der Waals surface area contributed by atoms with Gasteiger partial charge >= 0.3 is 6.03 Å². The van der Waals surface area contributed by atoms with Crippen molar-refractivity contribution in [3.63, 3.8) is 0 Å². The summed E-state index contributed by atoms with van der Waals surface area (Å²) in [5, 5.41) is 5.95. The Hall–Kier alpha value is -1.59. The Kier molecular flexibility index (Phi) is 5.74. The third-order valence-electron chi connectivity index (χ3n) is 5.31. The largest absolute Gasteiger partial charge is 0.378 e. The van der Waals surface area contributed by atoms with Crippen molar-refractivity contribution in [2.45, 2.75) is 50.2 Å². The third kappa shape index (κ3) is 4.28. The van der Waals surface area contributed by atoms with Crippen molar-refractivity contribution in [2.75, 3.05) is 32.6 Å². The van der Waals surface area contributed by atoms with Crippen molar-refractivity contribution in [1.82, 2.24) is 10.2 Å². The first-order chi connectivity index (χ1) is 11.7. The molecule has 1 saturated heterocycles. The number of benzene rings is 1. The van der Waals surface area contributed by atoms with Crippen LogP contribution in [0.2, 0.25) is 0 Å². The van der Waals surface area contributed by atoms with E-state index < -0.39 is 0 Å². The summed E-state index contributed by atoms with van der Waals surface area (Å²) in [7, 11) is 3.73. The summed E-state index contributed by atoms with van der Waals surface area (Å²) < 4.78 is 5.44. The Morgan fingerprint density at radius 2 is 1.83 bits per heavy atom. The van der Waals surface area contributed by atoms with E-state index in [1.807, 2.05) is 19.2 Å². The quantitative estimate of drug-likeness (QED) is 0.891. The number of rotatable bonds is 4. The summed E-state index contributed by atoms with van der Waals surface area (Å²) in [4.78, 5) is 14.4. The minimum Gasteiger partial charge on any atom is -0.378 e. The Morgan fingerprint density at radius 1 is 1.12 bits per heavy atom. The lowest BCUT2D eigenvalue weighted by atomic mass is 9.84. The van der Waals surface area contributed by atoms with Gasteiger partial charge in [0.2, 0.25) is 0 Å². The molecule has 5 nitrogen and oxygen atoms in total. The van der Waals surface area contributed by atoms with Crippen LogP contribution < -0.4 is 10.6 Å². The summed E-state index contributed by atoms with van der Waals surface area (Å²) in [5.41, 5.74) is 2.24. The molecule has 2 amide bonds. The van der Waals surface area contributed by atoms with Crippen LogP contribution in [0.15, 0.2) is 24.3 Å². The predicted molar refractivity (Wildman–Crippen MR) is 96.5 cm³/mol. The molecule has 2 fully saturated rings. The van der Waals surface area contributed by atoms with Crippen LogP contribution in [0.3, 0.4) is 0 Å². The maximum Gasteiger partial charge on any atom is 0.319 e. The minimum absolute atomic E-state index is 0.0292. The highest BCUT2D eigenvalue weighted by Gasteiger charge is 2.31. The monoisotopic (exact) mass is 331 g/mol. The van der Waals surface area contributed by atoms with Crippen LogP contribution in [-0.4, -0.2) is 50.3 Å². The van der Waals surface area contributed by atoms with E-state index in [0.29, 0.717) is 5.92 Å². The number of methoxy groups -OCH3 is 1. The molecule has 0 unspecified atom stereocenters. The van der Waals surface area contributed by atoms with Crippen LogP contribution in [0.1, 0.15) is 43.6 Å². The molecule has 132 valence electrons. The number of anilines is 1. The minimum atomic E-state index is -0.164. The van der Waals surface area contributed by atoms with Crippen LogP contribution >= 0.6 is 0 Å². The van der Waals surface area contributed by atoms with E-state index in [0.717, 1.165) is 18.8 Å². The Bertz CT molecular complexity index is 540. The zero-order valence-corrected chi connectivity index (χ0v) is 14.8. The second kappa shape index (κ2) is 7.99. The van der Waals surface area contributed by atoms with Crippen LogP contribution in [0, 0.1) is 0 Å². The molecule has 0 spiro atoms. The summed E-state index contributed by atoms with van der Waals surface area (Å²) in [6, 6.07) is 8.21. The van der Waals surface area contributed by atoms with Crippen molar-refractivity contribution >= 4 is 11.7 Å². The van der Waals surface area contributed by atoms with Crippen LogP contribution in [-0.2, 0) is 4.74 Å². The van der Waals surface area contributed by atoms with Crippen molar-refractivity contribution in [3.8, 4) is 0 Å². The van der Waals surface area contributed by atoms with Crippen molar-refractivity contribution < 1.29 is 9.53 Å². The van der Waals surface area contributed by atoms with Gasteiger partial charge in [0.05, 0.1) is 12.1 Å². The maximum atomic E-state index is 12.2. The van der Waals surface area contributed by atoms with Crippen LogP contribution in [0.5, 0.6) is 0 Å². The molecule has 0 bridgehead atoms. The summed E-state index contributed by atoms with van der Waals surface area (Å²) in [6.45, 7) is 1.66. The number of nitrogens with one attached hydrogen (secondary N) is 2. The molecule has 2 N–H and O–H groups in total. The van der Waals surface area contributed by atoms with E-state index in [-0.39, 0.29) is 18.2 Å². The number of carbonyl (C=O) groups is 1. The van der Waals surface area contributed by atoms with Gasteiger partial charge in [-0.05, 0) is 43.5 Å². The SMILES string of the molecule is CO[C@@H]1CN(C)C[C@H]1NC(=O)Nc1ccc(C2CCCCC2)cc1. The number of hydrogen-bond donors (Lipinski definition) is 2. The fourth-order valence-electron chi connectivity index (χ4n) is 3.95. The average Bonchev–Trinajstić information content (AvgIpc) is 2.95. The molecule has 2 atom stereocenters. The molecule has 1 aromatic carbocycles. The number of carbonyl (C=O) groups excluding carboxylic acids is 1. The highest BCUT2D eigenvalue weighted by Crippen LogP contribution is 2.32. The molecule has 1 aliphatic heterocycles. The topological polar surface area (TPSA) is 53.6 Å². The van der Waals surface area contributed by atoms with E-state index in [9.17, 15) is 4.79 Å². The first-order valence-corrected chi connectivity index (χ1v) is 9.04. The molecule has 0 aromatic heterocycles. The number of nitrogens with zero attached hydrogens (tertiary/aromatic N) is 1. The van der Waals surface area contributed by atoms with E-state index in [1.54, 1.807) is 7.11 Å². The van der Waals surface area contributed by atoms with Gasteiger partial charge in [-0.15, -0.1) is 0 Å². The standard InChI is InChI=1S/C19H29N3O2/c1-22-12-17(18(13-22)24-2)21-19(23)20-16-10-8-15(9-11-16)14-6-4-3-5-7-14/h8-11,14,17-18H,3-7,12-13H2,1-2H3,(H2,20,21,23)/t17-,18-/m1/s1. The van der Waals surface area contributed by atoms with Crippen molar-refractivity contribution in [1.29, 1.82) is 0 Å². The van der Waals surface area contributed by atoms with Crippen LogP contribution in [0.4, 0.5) is 10.5 Å². The zero-order chi connectivity index (χ0) is 16.9. The second-order valence-electron chi connectivity index (χ2n) is 7.16. The molecule has 2 aliphatic rings. The zero-order valence-electron chi connectivity index (χ0n) is 14.8. The normalized spacial score (nSPS) is 25.6. The number of urea groups is 1. The molecule has 1 aliphatic carbocycles. The molecule has 5 heteroatoms. The lowest BCUT2D eigenvalue weighted by Crippen LogP contribution is -2.45. The molecule has 24 heavy (non-hydrogen) atoms. The van der Waals surface area contributed by atoms with Gasteiger partial charge in [0.1, 0.15) is 0 Å². The Morgan fingerprint density at radius 3 is 2.50 bits per heavy atom. The number of ether oxygens (including phenoxy) is 1. The second-order valence-corrected chi connectivity index (χ2v) is 7.16. The summed E-state index contributed by atoms with van der Waals surface area (Å²) >= 11 is 0. The van der Waals surface area contributed by atoms with E-state index >= 15 is 0 Å². The molecule has 3 rings (SSSR count). The first kappa shape index (κ1) is 17.2. The van der Waals surface area contributed by atoms with Gasteiger partial charge in [0.25, 0.3) is 0 Å². The fraction of sp³-hybridized carbons (Fsp3) is 0.632. The number of likely N-dealkylation sites (tertiary alicyclic amines) is 1. The van der Waals surface area contributed by atoms with Gasteiger partial charge < -0.3 is 20.3 Å². The smallest absolute Gasteiger partial charge is 0.319 e.